The summed E-state index contributed by atoms with van der Waals surface area (Å²) in [5.74, 6) is -0.268. The fourth-order valence-corrected chi connectivity index (χ4v) is 6.73. The number of carbonyl (C=O) groups is 2. The van der Waals surface area contributed by atoms with E-state index in [0.29, 0.717) is 17.3 Å². The van der Waals surface area contributed by atoms with Gasteiger partial charge in [-0.1, -0.05) is 0 Å². The second-order valence-corrected chi connectivity index (χ2v) is 11.6. The average Bonchev–Trinajstić information content (AvgIpc) is 3.62. The van der Waals surface area contributed by atoms with Crippen molar-refractivity contribution in [1.29, 1.82) is 0 Å². The molecule has 1 aliphatic carbocycles. The summed E-state index contributed by atoms with van der Waals surface area (Å²) >= 11 is 0. The first-order chi connectivity index (χ1) is 19.1. The van der Waals surface area contributed by atoms with E-state index in [0.717, 1.165) is 43.5 Å². The lowest BCUT2D eigenvalue weighted by Crippen LogP contribution is -2.49. The van der Waals surface area contributed by atoms with Crippen LogP contribution >= 0.6 is 0 Å². The Morgan fingerprint density at radius 3 is 2.60 bits per heavy atom. The Balaban J connectivity index is 1.49. The highest BCUT2D eigenvalue weighted by molar-refractivity contribution is 5.86. The molecule has 3 N–H and O–H groups in total. The maximum atomic E-state index is 13.8. The molecular weight excluding hydrogens is 522 g/mol. The number of aliphatic hydroxyl groups is 3. The van der Waals surface area contributed by atoms with Crippen molar-refractivity contribution in [2.45, 2.75) is 80.6 Å². The van der Waals surface area contributed by atoms with Gasteiger partial charge in [-0.05, 0) is 81.3 Å². The van der Waals surface area contributed by atoms with Crippen molar-refractivity contribution in [3.63, 3.8) is 0 Å². The second-order valence-electron chi connectivity index (χ2n) is 11.6. The first kappa shape index (κ1) is 28.7. The Kier molecular flexibility index (Phi) is 7.77. The van der Waals surface area contributed by atoms with Crippen LogP contribution in [-0.4, -0.2) is 95.7 Å². The maximum absolute atomic E-state index is 13.8. The summed E-state index contributed by atoms with van der Waals surface area (Å²) in [4.78, 5) is 28.4. The van der Waals surface area contributed by atoms with Crippen molar-refractivity contribution in [3.8, 4) is 11.5 Å². The van der Waals surface area contributed by atoms with Crippen LogP contribution in [0.2, 0.25) is 0 Å². The molecule has 1 aromatic rings. The molecule has 1 spiro atoms. The number of rotatable bonds is 10. The summed E-state index contributed by atoms with van der Waals surface area (Å²) in [5, 5.41) is 31.1. The lowest BCUT2D eigenvalue weighted by molar-refractivity contribution is -0.178. The molecule has 0 amide bonds. The third kappa shape index (κ3) is 5.04. The van der Waals surface area contributed by atoms with Gasteiger partial charge in [-0.25, -0.2) is 4.79 Å². The Morgan fingerprint density at radius 1 is 1.15 bits per heavy atom. The number of ether oxygens (including phenoxy) is 5. The molecule has 11 heteroatoms. The van der Waals surface area contributed by atoms with Gasteiger partial charge in [0.05, 0.1) is 44.3 Å². The molecule has 3 heterocycles. The van der Waals surface area contributed by atoms with Crippen LogP contribution < -0.4 is 9.47 Å². The molecular formula is C29H39NO10. The van der Waals surface area contributed by atoms with E-state index in [-0.39, 0.29) is 32.0 Å². The van der Waals surface area contributed by atoms with Gasteiger partial charge in [-0.15, -0.1) is 0 Å². The number of fused-ring (bicyclic) bond motifs is 3. The van der Waals surface area contributed by atoms with Gasteiger partial charge in [0.15, 0.2) is 23.2 Å². The molecule has 40 heavy (non-hydrogen) atoms. The smallest absolute Gasteiger partial charge is 0.339 e. The van der Waals surface area contributed by atoms with Gasteiger partial charge in [0.2, 0.25) is 6.79 Å². The zero-order valence-electron chi connectivity index (χ0n) is 23.3. The normalized spacial score (nSPS) is 27.8. The molecule has 3 aliphatic heterocycles. The maximum Gasteiger partial charge on any atom is 0.339 e. The topological polar surface area (TPSA) is 144 Å². The number of esters is 2. The van der Waals surface area contributed by atoms with Crippen LogP contribution in [0.4, 0.5) is 0 Å². The molecule has 0 unspecified atom stereocenters. The molecule has 220 valence electrons. The third-order valence-electron chi connectivity index (χ3n) is 8.89. The third-order valence-corrected chi connectivity index (χ3v) is 8.89. The monoisotopic (exact) mass is 561 g/mol. The molecule has 0 saturated carbocycles. The molecule has 11 nitrogen and oxygen atoms in total. The molecule has 0 bridgehead atoms. The summed E-state index contributed by atoms with van der Waals surface area (Å²) in [6, 6.07) is 3.97. The van der Waals surface area contributed by atoms with Crippen LogP contribution in [0.5, 0.6) is 11.5 Å². The largest absolute Gasteiger partial charge is 0.497 e. The van der Waals surface area contributed by atoms with E-state index in [2.05, 4.69) is 11.0 Å². The predicted molar refractivity (Wildman–Crippen MR) is 141 cm³/mol. The SMILES string of the molecule is COC(=O)C[C@](O)(CCC[C@](C)(O)CO)C(=O)O[C@H]1C(OC)=C[C@@]23CCCN2CCc2cc4c(cc2[C@H]13)OCO4. The minimum Gasteiger partial charge on any atom is -0.497 e. The van der Waals surface area contributed by atoms with E-state index >= 15 is 0 Å². The van der Waals surface area contributed by atoms with Crippen LogP contribution in [0.15, 0.2) is 24.0 Å². The first-order valence-electron chi connectivity index (χ1n) is 13.8. The van der Waals surface area contributed by atoms with E-state index in [1.807, 2.05) is 12.1 Å². The van der Waals surface area contributed by atoms with Crippen molar-refractivity contribution in [2.24, 2.45) is 0 Å². The van der Waals surface area contributed by atoms with Crippen LogP contribution in [0, 0.1) is 0 Å². The van der Waals surface area contributed by atoms with Crippen molar-refractivity contribution in [2.75, 3.05) is 40.7 Å². The van der Waals surface area contributed by atoms with Gasteiger partial charge >= 0.3 is 11.9 Å². The number of nitrogens with zero attached hydrogens (tertiary/aromatic N) is 1. The molecule has 5 rings (SSSR count). The Bertz CT molecular complexity index is 1180. The standard InChI is InChI=1S/C29H39NO10/c1-27(34,16-31)7-4-9-29(35,15-23(32)37-3)26(33)40-25-22(36-2)14-28-8-5-10-30(28)11-6-18-12-20-21(39-17-38-20)13-19(18)24(25)28/h12-14,24-25,31,34-35H,4-11,15-17H2,1-3H3/t24-,25+,27+,28-,29-/m1/s1. The Labute approximate surface area is 233 Å². The van der Waals surface area contributed by atoms with Gasteiger partial charge < -0.3 is 39.0 Å². The average molecular weight is 562 g/mol. The highest BCUT2D eigenvalue weighted by Crippen LogP contribution is 2.55. The van der Waals surface area contributed by atoms with E-state index in [4.69, 9.17) is 23.7 Å². The number of carbonyl (C=O) groups excluding carboxylic acids is 2. The predicted octanol–water partition coefficient (Wildman–Crippen LogP) is 1.55. The van der Waals surface area contributed by atoms with E-state index in [9.17, 15) is 24.9 Å². The molecule has 1 saturated heterocycles. The minimum absolute atomic E-state index is 0.105. The molecule has 0 aromatic heterocycles. The molecule has 1 fully saturated rings. The first-order valence-corrected chi connectivity index (χ1v) is 13.8. The van der Waals surface area contributed by atoms with Crippen molar-refractivity contribution in [3.05, 3.63) is 35.1 Å². The zero-order chi connectivity index (χ0) is 28.7. The zero-order valence-corrected chi connectivity index (χ0v) is 23.3. The van der Waals surface area contributed by atoms with E-state index in [1.165, 1.54) is 21.1 Å². The van der Waals surface area contributed by atoms with Gasteiger partial charge in [-0.2, -0.15) is 0 Å². The fourth-order valence-electron chi connectivity index (χ4n) is 6.73. The lowest BCUT2D eigenvalue weighted by Gasteiger charge is -2.39. The Morgan fingerprint density at radius 2 is 1.90 bits per heavy atom. The van der Waals surface area contributed by atoms with Crippen LogP contribution in [0.1, 0.15) is 62.5 Å². The number of methoxy groups -OCH3 is 2. The van der Waals surface area contributed by atoms with Gasteiger partial charge in [0.1, 0.15) is 5.76 Å². The van der Waals surface area contributed by atoms with Gasteiger partial charge in [0.25, 0.3) is 0 Å². The van der Waals surface area contributed by atoms with Crippen molar-refractivity contribution >= 4 is 11.9 Å². The van der Waals surface area contributed by atoms with Gasteiger partial charge in [0, 0.05) is 6.54 Å². The number of benzene rings is 1. The van der Waals surface area contributed by atoms with Crippen LogP contribution in [0.3, 0.4) is 0 Å². The fraction of sp³-hybridized carbons (Fsp3) is 0.655. The summed E-state index contributed by atoms with van der Waals surface area (Å²) in [6.45, 7) is 2.83. The van der Waals surface area contributed by atoms with E-state index in [1.54, 1.807) is 0 Å². The highest BCUT2D eigenvalue weighted by atomic mass is 16.7. The molecule has 0 radical (unpaired) electrons. The van der Waals surface area contributed by atoms with Crippen molar-refractivity contribution < 1.29 is 48.6 Å². The second kappa shape index (κ2) is 10.8. The quantitative estimate of drug-likeness (QED) is 0.358. The van der Waals surface area contributed by atoms with Crippen molar-refractivity contribution in [1.82, 2.24) is 4.90 Å². The number of hydrogen-bond donors (Lipinski definition) is 3. The minimum atomic E-state index is -2.20. The summed E-state index contributed by atoms with van der Waals surface area (Å²) < 4.78 is 28.0. The van der Waals surface area contributed by atoms with E-state index < -0.39 is 47.8 Å². The summed E-state index contributed by atoms with van der Waals surface area (Å²) in [6.07, 6.45) is 3.27. The highest BCUT2D eigenvalue weighted by Gasteiger charge is 2.59. The number of aliphatic hydroxyl groups excluding tert-OH is 1. The summed E-state index contributed by atoms with van der Waals surface area (Å²) in [7, 11) is 2.71. The molecule has 4 aliphatic rings. The number of hydrogen-bond acceptors (Lipinski definition) is 11. The van der Waals surface area contributed by atoms with Crippen LogP contribution in [0.25, 0.3) is 0 Å². The lowest BCUT2D eigenvalue weighted by atomic mass is 9.77. The molecule has 5 atom stereocenters. The van der Waals surface area contributed by atoms with Crippen LogP contribution in [-0.2, 0) is 30.2 Å². The van der Waals surface area contributed by atoms with Gasteiger partial charge in [-0.3, -0.25) is 9.69 Å². The molecule has 1 aromatic carbocycles. The Hall–Kier alpha value is -2.86. The summed E-state index contributed by atoms with van der Waals surface area (Å²) in [5.41, 5.74) is -1.99.